The first-order chi connectivity index (χ1) is 10.6. The minimum absolute atomic E-state index is 0.0436. The molecule has 1 atom stereocenters. The molecule has 0 amide bonds. The molecule has 1 fully saturated rings. The molecule has 0 radical (unpaired) electrons. The van der Waals surface area contributed by atoms with Crippen molar-refractivity contribution in [2.75, 3.05) is 19.6 Å². The maximum atomic E-state index is 10.7. The summed E-state index contributed by atoms with van der Waals surface area (Å²) in [6.45, 7) is 5.61. The van der Waals surface area contributed by atoms with Crippen LogP contribution in [0.5, 0.6) is 0 Å². The number of rotatable bonds is 4. The van der Waals surface area contributed by atoms with Crippen LogP contribution in [0.25, 0.3) is 11.4 Å². The van der Waals surface area contributed by atoms with E-state index in [1.54, 1.807) is 12.1 Å². The Balaban J connectivity index is 1.71. The van der Waals surface area contributed by atoms with Gasteiger partial charge in [-0.2, -0.15) is 4.98 Å². The second-order valence-electron chi connectivity index (χ2n) is 5.34. The van der Waals surface area contributed by atoms with Gasteiger partial charge in [-0.15, -0.1) is 0 Å². The van der Waals surface area contributed by atoms with Crippen molar-refractivity contribution in [1.82, 2.24) is 20.4 Å². The van der Waals surface area contributed by atoms with Gasteiger partial charge in [0, 0.05) is 43.4 Å². The summed E-state index contributed by atoms with van der Waals surface area (Å²) in [4.78, 5) is 16.9. The van der Waals surface area contributed by atoms with E-state index >= 15 is 0 Å². The predicted molar refractivity (Wildman–Crippen MR) is 79.1 cm³/mol. The Labute approximate surface area is 127 Å². The monoisotopic (exact) mass is 303 g/mol. The van der Waals surface area contributed by atoms with E-state index in [1.165, 1.54) is 12.1 Å². The molecule has 0 aliphatic carbocycles. The Morgan fingerprint density at radius 2 is 2.23 bits per heavy atom. The third-order valence-corrected chi connectivity index (χ3v) is 3.78. The highest BCUT2D eigenvalue weighted by Crippen LogP contribution is 2.20. The summed E-state index contributed by atoms with van der Waals surface area (Å²) >= 11 is 0. The van der Waals surface area contributed by atoms with Crippen LogP contribution in [0.15, 0.2) is 28.8 Å². The van der Waals surface area contributed by atoms with Crippen LogP contribution in [0.2, 0.25) is 0 Å². The van der Waals surface area contributed by atoms with Gasteiger partial charge in [-0.3, -0.25) is 15.0 Å². The third kappa shape index (κ3) is 3.12. The molecule has 2 aromatic rings. The molecule has 1 aromatic heterocycles. The first-order valence-corrected chi connectivity index (χ1v) is 7.15. The standard InChI is InChI=1S/C14H17N5O3/c1-10-8-15-6-7-18(10)9-13-16-14(17-22-13)11-2-4-12(5-3-11)19(20)21/h2-5,10,15H,6-9H2,1H3/t10-/m1/s1. The van der Waals surface area contributed by atoms with Crippen LogP contribution in [0.1, 0.15) is 12.8 Å². The number of aromatic nitrogens is 2. The van der Waals surface area contributed by atoms with Crippen molar-refractivity contribution >= 4 is 5.69 Å². The van der Waals surface area contributed by atoms with Crippen molar-refractivity contribution in [3.63, 3.8) is 0 Å². The number of nitrogens with zero attached hydrogens (tertiary/aromatic N) is 4. The number of hydrogen-bond acceptors (Lipinski definition) is 7. The van der Waals surface area contributed by atoms with E-state index < -0.39 is 4.92 Å². The minimum Gasteiger partial charge on any atom is -0.338 e. The summed E-state index contributed by atoms with van der Waals surface area (Å²) < 4.78 is 5.29. The lowest BCUT2D eigenvalue weighted by Crippen LogP contribution is -2.49. The van der Waals surface area contributed by atoms with E-state index in [0.717, 1.165) is 19.6 Å². The molecule has 1 N–H and O–H groups in total. The quantitative estimate of drug-likeness (QED) is 0.674. The Bertz CT molecular complexity index is 655. The van der Waals surface area contributed by atoms with Crippen LogP contribution < -0.4 is 5.32 Å². The summed E-state index contributed by atoms with van der Waals surface area (Å²) in [6, 6.07) is 6.54. The average molecular weight is 303 g/mol. The van der Waals surface area contributed by atoms with Crippen LogP contribution in [-0.4, -0.2) is 45.6 Å². The van der Waals surface area contributed by atoms with Crippen LogP contribution in [0.4, 0.5) is 5.69 Å². The Morgan fingerprint density at radius 1 is 1.45 bits per heavy atom. The summed E-state index contributed by atoms with van der Waals surface area (Å²) in [5, 5.41) is 17.9. The summed E-state index contributed by atoms with van der Waals surface area (Å²) in [7, 11) is 0. The first kappa shape index (κ1) is 14.6. The van der Waals surface area contributed by atoms with Crippen LogP contribution in [-0.2, 0) is 6.54 Å². The molecule has 1 aliphatic heterocycles. The van der Waals surface area contributed by atoms with Gasteiger partial charge < -0.3 is 9.84 Å². The van der Waals surface area contributed by atoms with Gasteiger partial charge >= 0.3 is 0 Å². The zero-order valence-electron chi connectivity index (χ0n) is 12.2. The Kier molecular flexibility index (Phi) is 4.12. The number of benzene rings is 1. The Hall–Kier alpha value is -2.32. The van der Waals surface area contributed by atoms with Crippen molar-refractivity contribution in [2.24, 2.45) is 0 Å². The van der Waals surface area contributed by atoms with Crippen LogP contribution >= 0.6 is 0 Å². The van der Waals surface area contributed by atoms with E-state index in [-0.39, 0.29) is 5.69 Å². The Morgan fingerprint density at radius 3 is 2.91 bits per heavy atom. The lowest BCUT2D eigenvalue weighted by atomic mass is 10.2. The number of hydrogen-bond donors (Lipinski definition) is 1. The normalized spacial score (nSPS) is 19.2. The van der Waals surface area contributed by atoms with Gasteiger partial charge in [0.2, 0.25) is 11.7 Å². The van der Waals surface area contributed by atoms with E-state index in [9.17, 15) is 10.1 Å². The molecule has 8 nitrogen and oxygen atoms in total. The van der Waals surface area contributed by atoms with Crippen molar-refractivity contribution in [2.45, 2.75) is 19.5 Å². The second kappa shape index (κ2) is 6.20. The average Bonchev–Trinajstić information content (AvgIpc) is 2.98. The smallest absolute Gasteiger partial charge is 0.269 e. The molecule has 0 unspecified atom stereocenters. The third-order valence-electron chi connectivity index (χ3n) is 3.78. The largest absolute Gasteiger partial charge is 0.338 e. The van der Waals surface area contributed by atoms with Gasteiger partial charge in [0.05, 0.1) is 11.5 Å². The van der Waals surface area contributed by atoms with Gasteiger partial charge in [0.25, 0.3) is 5.69 Å². The fourth-order valence-electron chi connectivity index (χ4n) is 2.46. The molecule has 1 saturated heterocycles. The van der Waals surface area contributed by atoms with Gasteiger partial charge in [-0.1, -0.05) is 5.16 Å². The molecule has 0 spiro atoms. The molecule has 22 heavy (non-hydrogen) atoms. The fraction of sp³-hybridized carbons (Fsp3) is 0.429. The van der Waals surface area contributed by atoms with Crippen molar-refractivity contribution in [3.8, 4) is 11.4 Å². The molecule has 8 heteroatoms. The van der Waals surface area contributed by atoms with Gasteiger partial charge in [-0.25, -0.2) is 0 Å². The molecule has 2 heterocycles. The highest BCUT2D eigenvalue weighted by Gasteiger charge is 2.20. The SMILES string of the molecule is C[C@@H]1CNCCN1Cc1nc(-c2ccc([N+](=O)[O-])cc2)no1. The highest BCUT2D eigenvalue weighted by molar-refractivity contribution is 5.56. The first-order valence-electron chi connectivity index (χ1n) is 7.15. The van der Waals surface area contributed by atoms with Gasteiger partial charge in [0.1, 0.15) is 0 Å². The molecule has 0 saturated carbocycles. The zero-order valence-corrected chi connectivity index (χ0v) is 12.2. The highest BCUT2D eigenvalue weighted by atomic mass is 16.6. The van der Waals surface area contributed by atoms with E-state index in [4.69, 9.17) is 4.52 Å². The fourth-order valence-corrected chi connectivity index (χ4v) is 2.46. The number of piperazine rings is 1. The molecule has 0 bridgehead atoms. The van der Waals surface area contributed by atoms with Crippen LogP contribution in [0.3, 0.4) is 0 Å². The zero-order chi connectivity index (χ0) is 15.5. The van der Waals surface area contributed by atoms with Crippen molar-refractivity contribution in [3.05, 3.63) is 40.3 Å². The molecule has 116 valence electrons. The molecule has 3 rings (SSSR count). The van der Waals surface area contributed by atoms with Crippen LogP contribution in [0, 0.1) is 10.1 Å². The topological polar surface area (TPSA) is 97.3 Å². The number of nitro groups is 1. The van der Waals surface area contributed by atoms with Gasteiger partial charge in [0.15, 0.2) is 0 Å². The van der Waals surface area contributed by atoms with Crippen molar-refractivity contribution < 1.29 is 9.45 Å². The predicted octanol–water partition coefficient (Wildman–Crippen LogP) is 1.44. The molecular formula is C14H17N5O3. The van der Waals surface area contributed by atoms with Gasteiger partial charge in [-0.05, 0) is 19.1 Å². The number of nitrogens with one attached hydrogen (secondary N) is 1. The molecular weight excluding hydrogens is 286 g/mol. The minimum atomic E-state index is -0.433. The second-order valence-corrected chi connectivity index (χ2v) is 5.34. The van der Waals surface area contributed by atoms with E-state index in [2.05, 4.69) is 27.3 Å². The summed E-state index contributed by atoms with van der Waals surface area (Å²) in [5.41, 5.74) is 0.746. The van der Waals surface area contributed by atoms with Crippen molar-refractivity contribution in [1.29, 1.82) is 0 Å². The van der Waals surface area contributed by atoms with E-state index in [1.807, 2.05) is 0 Å². The maximum Gasteiger partial charge on any atom is 0.269 e. The molecule has 1 aromatic carbocycles. The summed E-state index contributed by atoms with van der Waals surface area (Å²) in [6.07, 6.45) is 0. The number of non-ortho nitro benzene ring substituents is 1. The van der Waals surface area contributed by atoms with E-state index in [0.29, 0.717) is 29.9 Å². The maximum absolute atomic E-state index is 10.7. The lowest BCUT2D eigenvalue weighted by Gasteiger charge is -2.32. The summed E-state index contributed by atoms with van der Waals surface area (Å²) in [5.74, 6) is 1.01. The molecule has 1 aliphatic rings. The number of nitro benzene ring substituents is 1. The lowest BCUT2D eigenvalue weighted by molar-refractivity contribution is -0.384.